The highest BCUT2D eigenvalue weighted by molar-refractivity contribution is 6.42. The van der Waals surface area contributed by atoms with Crippen molar-refractivity contribution in [3.05, 3.63) is 52.0 Å². The molecule has 2 atom stereocenters. The van der Waals surface area contributed by atoms with Gasteiger partial charge in [0.05, 0.1) is 27.0 Å². The fourth-order valence-electron chi connectivity index (χ4n) is 2.46. The minimum absolute atomic E-state index is 0.202. The molecule has 6 nitrogen and oxygen atoms in total. The summed E-state index contributed by atoms with van der Waals surface area (Å²) < 4.78 is 0. The minimum Gasteiger partial charge on any atom is -0.481 e. The van der Waals surface area contributed by atoms with Crippen LogP contribution in [0.15, 0.2) is 42.0 Å². The number of carbonyl (C=O) groups excluding carboxylic acids is 1. The topological polar surface area (TPSA) is 104 Å². The number of halogens is 2. The Bertz CT molecular complexity index is 787. The summed E-state index contributed by atoms with van der Waals surface area (Å²) in [6, 6.07) is 4.33. The molecule has 0 radical (unpaired) electrons. The van der Waals surface area contributed by atoms with Crippen LogP contribution < -0.4 is 5.32 Å². The number of benzene rings is 1. The molecular formula is C16H13Cl2NO5. The second-order valence-corrected chi connectivity index (χ2v) is 6.24. The Morgan fingerprint density at radius 1 is 1.17 bits per heavy atom. The number of carbonyl (C=O) groups is 3. The number of hydrogen-bond donors (Lipinski definition) is 3. The van der Waals surface area contributed by atoms with Crippen LogP contribution in [0.2, 0.25) is 10.0 Å². The van der Waals surface area contributed by atoms with Gasteiger partial charge in [0, 0.05) is 5.69 Å². The number of carboxylic acids is 2. The number of rotatable bonds is 4. The zero-order valence-electron chi connectivity index (χ0n) is 12.4. The molecule has 1 aromatic carbocycles. The van der Waals surface area contributed by atoms with Gasteiger partial charge in [-0.15, -0.1) is 0 Å². The van der Waals surface area contributed by atoms with E-state index in [4.69, 9.17) is 23.2 Å². The summed E-state index contributed by atoms with van der Waals surface area (Å²) in [5, 5.41) is 21.8. The largest absolute Gasteiger partial charge is 0.481 e. The van der Waals surface area contributed by atoms with Gasteiger partial charge in [0.1, 0.15) is 0 Å². The fraction of sp³-hybridized carbons (Fsp3) is 0.188. The standard InChI is InChI=1S/C16H13Cl2NO5/c1-16(15(23)24)6-2-3-9(14(21)22)12(16)13(20)19-8-4-5-10(17)11(18)7-8/h2-7,12H,1H3,(H,19,20)(H,21,22)(H,23,24). The van der Waals surface area contributed by atoms with Gasteiger partial charge in [-0.25, -0.2) is 4.79 Å². The summed E-state index contributed by atoms with van der Waals surface area (Å²) in [4.78, 5) is 35.6. The highest BCUT2D eigenvalue weighted by Gasteiger charge is 2.48. The third kappa shape index (κ3) is 3.29. The second-order valence-electron chi connectivity index (χ2n) is 5.43. The van der Waals surface area contributed by atoms with Gasteiger partial charge < -0.3 is 15.5 Å². The average molecular weight is 370 g/mol. The molecule has 0 spiro atoms. The molecule has 0 bridgehead atoms. The third-order valence-corrected chi connectivity index (χ3v) is 4.53. The lowest BCUT2D eigenvalue weighted by Crippen LogP contribution is -2.45. The van der Waals surface area contributed by atoms with Gasteiger partial charge >= 0.3 is 11.9 Å². The molecule has 0 saturated carbocycles. The van der Waals surface area contributed by atoms with Gasteiger partial charge in [0.15, 0.2) is 0 Å². The maximum absolute atomic E-state index is 12.6. The normalized spacial score (nSPS) is 22.6. The number of allylic oxidation sites excluding steroid dienone is 2. The first-order valence-electron chi connectivity index (χ1n) is 6.79. The van der Waals surface area contributed by atoms with Crippen molar-refractivity contribution < 1.29 is 24.6 Å². The van der Waals surface area contributed by atoms with E-state index in [0.29, 0.717) is 0 Å². The second kappa shape index (κ2) is 6.67. The summed E-state index contributed by atoms with van der Waals surface area (Å²) in [7, 11) is 0. The Hall–Kier alpha value is -2.31. The minimum atomic E-state index is -1.69. The average Bonchev–Trinajstić information content (AvgIpc) is 2.50. The van der Waals surface area contributed by atoms with Crippen molar-refractivity contribution in [3.63, 3.8) is 0 Å². The molecule has 3 N–H and O–H groups in total. The Kier molecular flexibility index (Phi) is 5.01. The van der Waals surface area contributed by atoms with Gasteiger partial charge in [-0.3, -0.25) is 9.59 Å². The highest BCUT2D eigenvalue weighted by Crippen LogP contribution is 2.39. The number of anilines is 1. The lowest BCUT2D eigenvalue weighted by molar-refractivity contribution is -0.150. The van der Waals surface area contributed by atoms with Gasteiger partial charge in [-0.05, 0) is 25.1 Å². The van der Waals surface area contributed by atoms with E-state index in [9.17, 15) is 24.6 Å². The van der Waals surface area contributed by atoms with Crippen LogP contribution in [-0.2, 0) is 14.4 Å². The molecule has 8 heteroatoms. The summed E-state index contributed by atoms with van der Waals surface area (Å²) in [5.41, 5.74) is -1.72. The highest BCUT2D eigenvalue weighted by atomic mass is 35.5. The Morgan fingerprint density at radius 3 is 2.38 bits per heavy atom. The molecule has 1 amide bonds. The van der Waals surface area contributed by atoms with E-state index in [0.717, 1.165) is 0 Å². The van der Waals surface area contributed by atoms with Crippen molar-refractivity contribution in [2.24, 2.45) is 11.3 Å². The fourth-order valence-corrected chi connectivity index (χ4v) is 2.76. The molecule has 2 unspecified atom stereocenters. The third-order valence-electron chi connectivity index (χ3n) is 3.79. The van der Waals surface area contributed by atoms with Crippen molar-refractivity contribution >= 4 is 46.7 Å². The smallest absolute Gasteiger partial charge is 0.332 e. The van der Waals surface area contributed by atoms with Crippen LogP contribution in [0.1, 0.15) is 6.92 Å². The Morgan fingerprint density at radius 2 is 1.83 bits per heavy atom. The summed E-state index contributed by atoms with van der Waals surface area (Å²) >= 11 is 11.7. The molecule has 0 saturated heterocycles. The van der Waals surface area contributed by atoms with Gasteiger partial charge in [0.25, 0.3) is 0 Å². The van der Waals surface area contributed by atoms with Crippen LogP contribution in [0.3, 0.4) is 0 Å². The van der Waals surface area contributed by atoms with Crippen molar-refractivity contribution in [2.45, 2.75) is 6.92 Å². The van der Waals surface area contributed by atoms with Gasteiger partial charge in [-0.2, -0.15) is 0 Å². The molecule has 126 valence electrons. The van der Waals surface area contributed by atoms with Gasteiger partial charge in [0.2, 0.25) is 5.91 Å². The van der Waals surface area contributed by atoms with Crippen LogP contribution in [-0.4, -0.2) is 28.1 Å². The van der Waals surface area contributed by atoms with Crippen LogP contribution in [0, 0.1) is 11.3 Å². The Balaban J connectivity index is 2.40. The number of carboxylic acid groups (broad SMARTS) is 2. The van der Waals surface area contributed by atoms with Crippen LogP contribution in [0.5, 0.6) is 0 Å². The molecule has 1 aliphatic carbocycles. The zero-order chi connectivity index (χ0) is 18.1. The molecule has 24 heavy (non-hydrogen) atoms. The monoisotopic (exact) mass is 369 g/mol. The lowest BCUT2D eigenvalue weighted by atomic mass is 9.69. The summed E-state index contributed by atoms with van der Waals surface area (Å²) in [6.07, 6.45) is 3.83. The van der Waals surface area contributed by atoms with E-state index < -0.39 is 29.2 Å². The summed E-state index contributed by atoms with van der Waals surface area (Å²) in [6.45, 7) is 1.29. The number of nitrogens with one attached hydrogen (secondary N) is 1. The van der Waals surface area contributed by atoms with Crippen molar-refractivity contribution in [2.75, 3.05) is 5.32 Å². The van der Waals surface area contributed by atoms with E-state index in [1.54, 1.807) is 0 Å². The van der Waals surface area contributed by atoms with Gasteiger partial charge in [-0.1, -0.05) is 41.4 Å². The molecule has 0 heterocycles. The predicted octanol–water partition coefficient (Wildman–Crippen LogP) is 3.22. The van der Waals surface area contributed by atoms with Crippen LogP contribution in [0.25, 0.3) is 0 Å². The SMILES string of the molecule is CC1(C(=O)O)C=CC=C(C(=O)O)C1C(=O)Nc1ccc(Cl)c(Cl)c1. The van der Waals surface area contributed by atoms with Crippen molar-refractivity contribution in [1.82, 2.24) is 0 Å². The van der Waals surface area contributed by atoms with E-state index in [1.807, 2.05) is 0 Å². The molecule has 0 fully saturated rings. The molecule has 2 rings (SSSR count). The summed E-state index contributed by atoms with van der Waals surface area (Å²) in [5.74, 6) is -4.84. The number of amides is 1. The zero-order valence-corrected chi connectivity index (χ0v) is 13.9. The van der Waals surface area contributed by atoms with Crippen molar-refractivity contribution in [3.8, 4) is 0 Å². The van der Waals surface area contributed by atoms with Crippen LogP contribution in [0.4, 0.5) is 5.69 Å². The quantitative estimate of drug-likeness (QED) is 0.755. The maximum atomic E-state index is 12.6. The van der Waals surface area contributed by atoms with E-state index in [1.165, 1.54) is 43.4 Å². The molecular weight excluding hydrogens is 357 g/mol. The van der Waals surface area contributed by atoms with E-state index in [-0.39, 0.29) is 21.3 Å². The molecule has 1 aliphatic rings. The first-order chi connectivity index (χ1) is 11.2. The first kappa shape index (κ1) is 18.0. The van der Waals surface area contributed by atoms with E-state index >= 15 is 0 Å². The number of hydrogen-bond acceptors (Lipinski definition) is 3. The molecule has 0 aromatic heterocycles. The number of aliphatic carboxylic acids is 2. The predicted molar refractivity (Wildman–Crippen MR) is 89.2 cm³/mol. The Labute approximate surface area is 147 Å². The van der Waals surface area contributed by atoms with E-state index in [2.05, 4.69) is 5.32 Å². The first-order valence-corrected chi connectivity index (χ1v) is 7.54. The maximum Gasteiger partial charge on any atom is 0.332 e. The lowest BCUT2D eigenvalue weighted by Gasteiger charge is -2.32. The van der Waals surface area contributed by atoms with Crippen molar-refractivity contribution in [1.29, 1.82) is 0 Å². The van der Waals surface area contributed by atoms with Crippen LogP contribution >= 0.6 is 23.2 Å². The molecule has 0 aliphatic heterocycles. The molecule has 1 aromatic rings.